The Kier molecular flexibility index (Phi) is 22.6. The van der Waals surface area contributed by atoms with Crippen LogP contribution in [0.15, 0.2) is 78.4 Å². The number of anilines is 5. The van der Waals surface area contributed by atoms with E-state index in [-0.39, 0.29) is 56.9 Å². The fraction of sp³-hybridized carbons (Fsp3) is 0.517. The van der Waals surface area contributed by atoms with Gasteiger partial charge in [0.1, 0.15) is 30.0 Å². The van der Waals surface area contributed by atoms with Crippen molar-refractivity contribution in [1.82, 2.24) is 40.3 Å². The van der Waals surface area contributed by atoms with E-state index in [4.69, 9.17) is 30.5 Å². The van der Waals surface area contributed by atoms with Crippen molar-refractivity contribution < 1.29 is 47.8 Å². The van der Waals surface area contributed by atoms with Gasteiger partial charge in [-0.25, -0.2) is 9.97 Å². The standard InChI is InChI=1S/C60H81ClN11O10PS/c1-40-54(84-39-64-40)42-14-12-41(13-15-42)36-62-57(76)49-35-45(73)38-72(49)58(77)55(60(2,3)4)67-52(74)20-28-80-30-32-82-33-31-81-29-21-53(75)71-26-24-70(25-27-71)43-18-22-69(23-19-43)44-16-17-47(50(34-44)79-5)66-59-63-37-46(61)56(68-59)65-48-10-8-9-11-51(48)83(6,7)78/h8-17,34,37,39,43,45,49,55,73H,18-33,35-36,38H2,1-7H3,(H,62,76)(H,67,74)(H2,63,65,66,68)/t45-,49+,55-/m1/s1. The van der Waals surface area contributed by atoms with Gasteiger partial charge in [-0.1, -0.05) is 68.8 Å². The van der Waals surface area contributed by atoms with Gasteiger partial charge in [0.2, 0.25) is 29.6 Å². The van der Waals surface area contributed by atoms with Crippen molar-refractivity contribution in [1.29, 1.82) is 0 Å². The molecule has 0 unspecified atom stereocenters. The molecular weight excluding hydrogens is 1130 g/mol. The first-order chi connectivity index (χ1) is 40.2. The van der Waals surface area contributed by atoms with E-state index in [1.165, 1.54) is 11.1 Å². The Labute approximate surface area is 501 Å². The lowest BCUT2D eigenvalue weighted by Gasteiger charge is -2.43. The van der Waals surface area contributed by atoms with Gasteiger partial charge in [-0.05, 0) is 73.9 Å². The molecule has 5 aromatic rings. The summed E-state index contributed by atoms with van der Waals surface area (Å²) in [4.78, 5) is 76.3. The molecule has 3 saturated heterocycles. The van der Waals surface area contributed by atoms with Crippen molar-refractivity contribution in [3.05, 3.63) is 94.7 Å². The third-order valence-corrected chi connectivity index (χ3v) is 18.1. The van der Waals surface area contributed by atoms with E-state index >= 15 is 0 Å². The van der Waals surface area contributed by atoms with E-state index in [0.29, 0.717) is 91.2 Å². The summed E-state index contributed by atoms with van der Waals surface area (Å²) in [5, 5.41) is 23.9. The molecule has 5 heterocycles. The summed E-state index contributed by atoms with van der Waals surface area (Å²) in [7, 11) is -0.936. The molecule has 3 atom stereocenters. The molecule has 454 valence electrons. The van der Waals surface area contributed by atoms with Gasteiger partial charge in [0.15, 0.2) is 5.82 Å². The lowest BCUT2D eigenvalue weighted by Crippen LogP contribution is -2.57. The summed E-state index contributed by atoms with van der Waals surface area (Å²) in [6.07, 6.45) is 3.07. The minimum absolute atomic E-state index is 0.0125. The average molecular weight is 1210 g/mol. The average Bonchev–Trinajstić information content (AvgIpc) is 3.03. The number of methoxy groups -OCH3 is 1. The van der Waals surface area contributed by atoms with Crippen LogP contribution in [-0.4, -0.2) is 189 Å². The number of carbonyl (C=O) groups is 4. The highest BCUT2D eigenvalue weighted by Crippen LogP contribution is 2.39. The molecule has 0 bridgehead atoms. The number of hydrogen-bond donors (Lipinski definition) is 5. The predicted molar refractivity (Wildman–Crippen MR) is 329 cm³/mol. The number of β-amino-alcohol motifs (C(OH)–C–C–N with tert-alkyl or cyclic N) is 1. The molecule has 5 N–H and O–H groups in total. The summed E-state index contributed by atoms with van der Waals surface area (Å²) in [5.41, 5.74) is 6.46. The number of para-hydroxylation sites is 1. The number of aliphatic hydroxyl groups is 1. The second-order valence-electron chi connectivity index (χ2n) is 22.8. The number of amides is 4. The second-order valence-corrected chi connectivity index (χ2v) is 27.3. The molecule has 21 nitrogen and oxygen atoms in total. The number of hydrogen-bond acceptors (Lipinski definition) is 18. The number of piperazine rings is 1. The number of carbonyl (C=O) groups excluding carboxylic acids is 4. The van der Waals surface area contributed by atoms with E-state index < -0.39 is 36.7 Å². The van der Waals surface area contributed by atoms with Crippen molar-refractivity contribution in [2.75, 3.05) is 121 Å². The van der Waals surface area contributed by atoms with Gasteiger partial charge in [0, 0.05) is 88.3 Å². The predicted octanol–water partition coefficient (Wildman–Crippen LogP) is 7.06. The fourth-order valence-electron chi connectivity index (χ4n) is 10.7. The molecule has 3 aliphatic heterocycles. The van der Waals surface area contributed by atoms with Crippen LogP contribution in [0.1, 0.15) is 64.1 Å². The molecule has 0 saturated carbocycles. The Bertz CT molecular complexity index is 3070. The fourth-order valence-corrected chi connectivity index (χ4v) is 12.8. The molecule has 0 aliphatic carbocycles. The Balaban J connectivity index is 0.662. The van der Waals surface area contributed by atoms with Crippen molar-refractivity contribution in [3.8, 4) is 16.2 Å². The molecule has 3 fully saturated rings. The van der Waals surface area contributed by atoms with Gasteiger partial charge in [-0.15, -0.1) is 11.3 Å². The molecule has 0 spiro atoms. The van der Waals surface area contributed by atoms with Crippen LogP contribution in [0.25, 0.3) is 10.4 Å². The number of rotatable bonds is 26. The lowest BCUT2D eigenvalue weighted by atomic mass is 9.85. The van der Waals surface area contributed by atoms with E-state index in [9.17, 15) is 28.8 Å². The van der Waals surface area contributed by atoms with Crippen LogP contribution in [-0.2, 0) is 44.5 Å². The third kappa shape index (κ3) is 17.5. The zero-order chi connectivity index (χ0) is 60.0. The van der Waals surface area contributed by atoms with Gasteiger partial charge in [-0.3, -0.25) is 24.1 Å². The maximum Gasteiger partial charge on any atom is 0.246 e. The molecule has 3 aromatic carbocycles. The number of benzene rings is 3. The van der Waals surface area contributed by atoms with Crippen LogP contribution in [0.2, 0.25) is 5.02 Å². The highest BCUT2D eigenvalue weighted by molar-refractivity contribution is 7.70. The molecule has 8 rings (SSSR count). The van der Waals surface area contributed by atoms with E-state index in [2.05, 4.69) is 52.1 Å². The van der Waals surface area contributed by atoms with Crippen molar-refractivity contribution >= 4 is 87.8 Å². The second kappa shape index (κ2) is 29.7. The highest BCUT2D eigenvalue weighted by Gasteiger charge is 2.44. The smallest absolute Gasteiger partial charge is 0.246 e. The summed E-state index contributed by atoms with van der Waals surface area (Å²) in [6, 6.07) is 19.9. The first kappa shape index (κ1) is 63.8. The third-order valence-electron chi connectivity index (χ3n) is 15.3. The molecule has 0 radical (unpaired) electrons. The SMILES string of the molecule is COc1cc(N2CCC(N3CCN(C(=O)CCOCCOCCOCCC(=O)N[C@H](C(=O)N4C[C@H](O)C[C@H]4C(=O)NCc4ccc(-c5scnc5C)cc4)C(C)(C)C)CC3)CC2)ccc1Nc1ncc(Cl)c(Nc2ccccc2P(C)(C)=O)n1. The zero-order valence-corrected chi connectivity index (χ0v) is 51.7. The van der Waals surface area contributed by atoms with E-state index in [1.54, 1.807) is 31.8 Å². The number of piperidine rings is 1. The van der Waals surface area contributed by atoms with Crippen LogP contribution < -0.4 is 36.2 Å². The minimum atomic E-state index is -2.57. The first-order valence-electron chi connectivity index (χ1n) is 28.7. The quantitative estimate of drug-likeness (QED) is 0.0275. The van der Waals surface area contributed by atoms with Crippen LogP contribution >= 0.6 is 30.1 Å². The number of aromatic nitrogens is 3. The summed E-state index contributed by atoms with van der Waals surface area (Å²) >= 11 is 8.07. The topological polar surface area (TPSA) is 242 Å². The summed E-state index contributed by atoms with van der Waals surface area (Å²) in [6.45, 7) is 17.6. The maximum absolute atomic E-state index is 14.0. The van der Waals surface area contributed by atoms with Crippen molar-refractivity contribution in [2.24, 2.45) is 5.41 Å². The Morgan fingerprint density at radius 3 is 2.18 bits per heavy atom. The summed E-state index contributed by atoms with van der Waals surface area (Å²) in [5.74, 6) is 0.265. The maximum atomic E-state index is 14.0. The van der Waals surface area contributed by atoms with Crippen molar-refractivity contribution in [2.45, 2.75) is 90.6 Å². The van der Waals surface area contributed by atoms with Gasteiger partial charge in [0.25, 0.3) is 0 Å². The molecular formula is C60H81ClN11O10PS. The lowest BCUT2D eigenvalue weighted by molar-refractivity contribution is -0.144. The van der Waals surface area contributed by atoms with Gasteiger partial charge >= 0.3 is 0 Å². The Hall–Kier alpha value is -6.23. The number of ether oxygens (including phenoxy) is 4. The van der Waals surface area contributed by atoms with Crippen molar-refractivity contribution in [3.63, 3.8) is 0 Å². The van der Waals surface area contributed by atoms with Gasteiger partial charge < -0.3 is 64.6 Å². The van der Waals surface area contributed by atoms with Crippen LogP contribution in [0.4, 0.5) is 28.8 Å². The zero-order valence-electron chi connectivity index (χ0n) is 49.2. The molecule has 24 heteroatoms. The monoisotopic (exact) mass is 1210 g/mol. The molecule has 4 amide bonds. The number of nitrogens with zero attached hydrogens (tertiary/aromatic N) is 7. The van der Waals surface area contributed by atoms with E-state index in [0.717, 1.165) is 66.4 Å². The highest BCUT2D eigenvalue weighted by atomic mass is 35.5. The number of aliphatic hydroxyl groups excluding tert-OH is 1. The van der Waals surface area contributed by atoms with Gasteiger partial charge in [-0.2, -0.15) is 4.98 Å². The number of likely N-dealkylation sites (tertiary alicyclic amines) is 1. The molecule has 84 heavy (non-hydrogen) atoms. The number of thiazole rings is 1. The number of aryl methyl sites for hydroxylation is 1. The summed E-state index contributed by atoms with van der Waals surface area (Å²) < 4.78 is 35.8. The normalized spacial score (nSPS) is 17.5. The molecule has 3 aliphatic rings. The van der Waals surface area contributed by atoms with Crippen LogP contribution in [0.5, 0.6) is 5.75 Å². The van der Waals surface area contributed by atoms with Crippen LogP contribution in [0, 0.1) is 12.3 Å². The van der Waals surface area contributed by atoms with Gasteiger partial charge in [0.05, 0.1) is 92.9 Å². The minimum Gasteiger partial charge on any atom is -0.494 e. The van der Waals surface area contributed by atoms with Crippen LogP contribution in [0.3, 0.4) is 0 Å². The first-order valence-corrected chi connectivity index (χ1v) is 32.6. The number of nitrogens with one attached hydrogen (secondary N) is 4. The van der Waals surface area contributed by atoms with E-state index in [1.807, 2.05) is 98.8 Å². The number of halogens is 1. The Morgan fingerprint density at radius 1 is 0.845 bits per heavy atom. The molecule has 2 aromatic heterocycles. The largest absolute Gasteiger partial charge is 0.494 e. The Morgan fingerprint density at radius 2 is 1.52 bits per heavy atom.